The number of benzene rings is 2. The van der Waals surface area contributed by atoms with Crippen LogP contribution in [0.5, 0.6) is 0 Å². The van der Waals surface area contributed by atoms with Crippen molar-refractivity contribution in [1.82, 2.24) is 0 Å². The van der Waals surface area contributed by atoms with Gasteiger partial charge in [0, 0.05) is 13.0 Å². The van der Waals surface area contributed by atoms with E-state index >= 15 is 0 Å². The lowest BCUT2D eigenvalue weighted by Crippen LogP contribution is -2.66. The van der Waals surface area contributed by atoms with Crippen molar-refractivity contribution >= 4 is 25.0 Å². The molecule has 0 aliphatic carbocycles. The maximum atomic E-state index is 10.4. The Morgan fingerprint density at radius 3 is 1.81 bits per heavy atom. The number of allylic oxidation sites excluding steroid dienone is 1. The summed E-state index contributed by atoms with van der Waals surface area (Å²) >= 11 is 0. The summed E-state index contributed by atoms with van der Waals surface area (Å²) in [4.78, 5) is 10.4. The molecule has 0 aliphatic heterocycles. The average molecular weight is 381 g/mol. The zero-order valence-electron chi connectivity index (χ0n) is 16.9. The molecule has 0 bridgehead atoms. The van der Waals surface area contributed by atoms with Crippen LogP contribution in [-0.2, 0) is 9.22 Å². The molecule has 0 aliphatic rings. The molecule has 2 aromatic carbocycles. The molecule has 0 spiro atoms. The standard InChI is InChI=1S/C24H32O2Si/c1-24(2,3)27(22-16-10-8-11-17-22,23-18-12-9-13-19-23)26-21-15-7-5-4-6-14-20-25/h5,7-13,16-20H,4,6,14-15,21H2,1-3H3/b7-5+. The molecule has 27 heavy (non-hydrogen) atoms. The van der Waals surface area contributed by atoms with Gasteiger partial charge in [-0.05, 0) is 34.7 Å². The Morgan fingerprint density at radius 1 is 0.815 bits per heavy atom. The van der Waals surface area contributed by atoms with E-state index in [-0.39, 0.29) is 5.04 Å². The number of carbonyl (C=O) groups excluding carboxylic acids is 1. The van der Waals surface area contributed by atoms with E-state index < -0.39 is 8.32 Å². The van der Waals surface area contributed by atoms with E-state index in [0.717, 1.165) is 25.5 Å². The van der Waals surface area contributed by atoms with Crippen molar-refractivity contribution in [3.8, 4) is 0 Å². The SMILES string of the molecule is CC(C)(C)[Si](OCC/C=C/CCCC=O)(c1ccccc1)c1ccccc1. The van der Waals surface area contributed by atoms with Crippen molar-refractivity contribution in [2.45, 2.75) is 51.5 Å². The summed E-state index contributed by atoms with van der Waals surface area (Å²) in [6, 6.07) is 21.5. The summed E-state index contributed by atoms with van der Waals surface area (Å²) in [6.45, 7) is 7.61. The lowest BCUT2D eigenvalue weighted by Gasteiger charge is -2.43. The van der Waals surface area contributed by atoms with Gasteiger partial charge in [0.1, 0.15) is 6.29 Å². The van der Waals surface area contributed by atoms with Gasteiger partial charge in [-0.3, -0.25) is 0 Å². The maximum absolute atomic E-state index is 10.4. The molecule has 0 saturated heterocycles. The number of hydrogen-bond acceptors (Lipinski definition) is 2. The molecule has 0 heterocycles. The second-order valence-corrected chi connectivity index (χ2v) is 12.2. The highest BCUT2D eigenvalue weighted by Crippen LogP contribution is 2.36. The molecule has 0 saturated carbocycles. The molecule has 0 amide bonds. The molecule has 2 nitrogen and oxygen atoms in total. The van der Waals surface area contributed by atoms with E-state index in [1.54, 1.807) is 0 Å². The zero-order chi connectivity index (χ0) is 19.6. The third kappa shape index (κ3) is 5.50. The number of rotatable bonds is 10. The minimum atomic E-state index is -2.41. The molecular formula is C24H32O2Si. The number of unbranched alkanes of at least 4 members (excludes halogenated alkanes) is 2. The average Bonchev–Trinajstić information content (AvgIpc) is 2.67. The fraction of sp³-hybridized carbons (Fsp3) is 0.375. The van der Waals surface area contributed by atoms with Crippen LogP contribution in [0.15, 0.2) is 72.8 Å². The third-order valence-corrected chi connectivity index (χ3v) is 9.92. The first-order valence-corrected chi connectivity index (χ1v) is 11.8. The van der Waals surface area contributed by atoms with Crippen molar-refractivity contribution in [1.29, 1.82) is 0 Å². The van der Waals surface area contributed by atoms with Crippen molar-refractivity contribution in [3.63, 3.8) is 0 Å². The van der Waals surface area contributed by atoms with Gasteiger partial charge in [-0.15, -0.1) is 0 Å². The maximum Gasteiger partial charge on any atom is 0.261 e. The van der Waals surface area contributed by atoms with Crippen LogP contribution in [-0.4, -0.2) is 21.2 Å². The third-order valence-electron chi connectivity index (χ3n) is 4.88. The quantitative estimate of drug-likeness (QED) is 0.254. The predicted molar refractivity (Wildman–Crippen MR) is 117 cm³/mol. The molecule has 0 atom stereocenters. The van der Waals surface area contributed by atoms with Gasteiger partial charge in [0.2, 0.25) is 0 Å². The van der Waals surface area contributed by atoms with Gasteiger partial charge in [-0.2, -0.15) is 0 Å². The molecule has 0 aromatic heterocycles. The lowest BCUT2D eigenvalue weighted by atomic mass is 10.2. The first kappa shape index (κ1) is 21.3. The van der Waals surface area contributed by atoms with E-state index in [1.165, 1.54) is 10.4 Å². The highest BCUT2D eigenvalue weighted by atomic mass is 28.4. The van der Waals surface area contributed by atoms with Crippen molar-refractivity contribution < 1.29 is 9.22 Å². The monoisotopic (exact) mass is 380 g/mol. The topological polar surface area (TPSA) is 26.3 Å². The van der Waals surface area contributed by atoms with Gasteiger partial charge in [0.25, 0.3) is 8.32 Å². The Hall–Kier alpha value is -1.97. The van der Waals surface area contributed by atoms with E-state index in [1.807, 2.05) is 0 Å². The van der Waals surface area contributed by atoms with Crippen molar-refractivity contribution in [2.75, 3.05) is 6.61 Å². The first-order chi connectivity index (χ1) is 13.0. The van der Waals surface area contributed by atoms with Gasteiger partial charge in [-0.25, -0.2) is 0 Å². The Labute approximate surface area is 165 Å². The first-order valence-electron chi connectivity index (χ1n) is 9.86. The van der Waals surface area contributed by atoms with E-state index in [0.29, 0.717) is 13.0 Å². The number of aldehydes is 1. The van der Waals surface area contributed by atoms with Crippen molar-refractivity contribution in [2.24, 2.45) is 0 Å². The minimum absolute atomic E-state index is 0.0172. The van der Waals surface area contributed by atoms with Gasteiger partial charge < -0.3 is 9.22 Å². The molecule has 3 heteroatoms. The van der Waals surface area contributed by atoms with Crippen LogP contribution < -0.4 is 10.4 Å². The molecule has 0 fully saturated rings. The normalized spacial score (nSPS) is 12.4. The summed E-state index contributed by atoms with van der Waals surface area (Å²) in [5.74, 6) is 0. The summed E-state index contributed by atoms with van der Waals surface area (Å²) in [5, 5.41) is 2.65. The fourth-order valence-electron chi connectivity index (χ4n) is 3.60. The van der Waals surface area contributed by atoms with E-state index in [4.69, 9.17) is 4.43 Å². The second-order valence-electron chi connectivity index (χ2n) is 7.87. The Balaban J connectivity index is 2.24. The van der Waals surface area contributed by atoms with Crippen LogP contribution in [0.4, 0.5) is 0 Å². The highest BCUT2D eigenvalue weighted by molar-refractivity contribution is 6.99. The summed E-state index contributed by atoms with van der Waals surface area (Å²) in [5.41, 5.74) is 0. The smallest absolute Gasteiger partial charge is 0.261 e. The van der Waals surface area contributed by atoms with Crippen LogP contribution in [0.25, 0.3) is 0 Å². The predicted octanol–water partition coefficient (Wildman–Crippen LogP) is 4.88. The summed E-state index contributed by atoms with van der Waals surface area (Å²) in [6.07, 6.45) is 8.75. The minimum Gasteiger partial charge on any atom is -0.407 e. The second kappa shape index (κ2) is 10.4. The number of hydrogen-bond donors (Lipinski definition) is 0. The molecular weight excluding hydrogens is 348 g/mol. The zero-order valence-corrected chi connectivity index (χ0v) is 17.9. The lowest BCUT2D eigenvalue weighted by molar-refractivity contribution is -0.107. The van der Waals surface area contributed by atoms with E-state index in [2.05, 4.69) is 93.6 Å². The Bertz CT molecular complexity index is 663. The van der Waals surface area contributed by atoms with Gasteiger partial charge >= 0.3 is 0 Å². The molecule has 2 rings (SSSR count). The van der Waals surface area contributed by atoms with Crippen LogP contribution in [0.2, 0.25) is 5.04 Å². The van der Waals surface area contributed by atoms with Gasteiger partial charge in [-0.1, -0.05) is 93.6 Å². The number of carbonyl (C=O) groups is 1. The highest BCUT2D eigenvalue weighted by Gasteiger charge is 2.49. The van der Waals surface area contributed by atoms with Crippen LogP contribution in [0.1, 0.15) is 46.5 Å². The summed E-state index contributed by atoms with van der Waals surface area (Å²) < 4.78 is 6.83. The molecule has 0 unspecified atom stereocenters. The largest absolute Gasteiger partial charge is 0.407 e. The molecule has 0 radical (unpaired) electrons. The molecule has 2 aromatic rings. The Morgan fingerprint density at radius 2 is 1.33 bits per heavy atom. The molecule has 144 valence electrons. The fourth-order valence-corrected chi connectivity index (χ4v) is 8.18. The van der Waals surface area contributed by atoms with E-state index in [9.17, 15) is 4.79 Å². The van der Waals surface area contributed by atoms with Gasteiger partial charge in [0.15, 0.2) is 0 Å². The van der Waals surface area contributed by atoms with Crippen molar-refractivity contribution in [3.05, 3.63) is 72.8 Å². The van der Waals surface area contributed by atoms with Crippen LogP contribution in [0, 0.1) is 0 Å². The van der Waals surface area contributed by atoms with Crippen LogP contribution >= 0.6 is 0 Å². The Kier molecular flexibility index (Phi) is 8.20. The summed E-state index contributed by atoms with van der Waals surface area (Å²) in [7, 11) is -2.41. The molecule has 0 N–H and O–H groups in total. The van der Waals surface area contributed by atoms with Gasteiger partial charge in [0.05, 0.1) is 0 Å². The van der Waals surface area contributed by atoms with Crippen LogP contribution in [0.3, 0.4) is 0 Å².